The Morgan fingerprint density at radius 3 is 2.50 bits per heavy atom. The summed E-state index contributed by atoms with van der Waals surface area (Å²) in [6.45, 7) is 9.25. The van der Waals surface area contributed by atoms with Crippen LogP contribution in [0.1, 0.15) is 50.2 Å². The van der Waals surface area contributed by atoms with Crippen molar-refractivity contribution in [3.8, 4) is 0 Å². The van der Waals surface area contributed by atoms with Gasteiger partial charge < -0.3 is 15.2 Å². The molecule has 0 aromatic carbocycles. The van der Waals surface area contributed by atoms with Crippen molar-refractivity contribution in [1.29, 1.82) is 0 Å². The van der Waals surface area contributed by atoms with Crippen LogP contribution in [0.15, 0.2) is 0 Å². The highest BCUT2D eigenvalue weighted by Gasteiger charge is 2.17. The largest absolute Gasteiger partial charge is 0.382 e. The summed E-state index contributed by atoms with van der Waals surface area (Å²) in [6.07, 6.45) is 2.86. The molecule has 0 aliphatic carbocycles. The van der Waals surface area contributed by atoms with Gasteiger partial charge in [0.05, 0.1) is 18.9 Å². The van der Waals surface area contributed by atoms with Gasteiger partial charge in [0, 0.05) is 37.6 Å². The van der Waals surface area contributed by atoms with Crippen LogP contribution >= 0.6 is 0 Å². The van der Waals surface area contributed by atoms with Crippen LogP contribution in [0.2, 0.25) is 0 Å². The molecule has 1 atom stereocenters. The lowest BCUT2D eigenvalue weighted by molar-refractivity contribution is 0.0676. The quantitative estimate of drug-likeness (QED) is 0.668. The van der Waals surface area contributed by atoms with Crippen molar-refractivity contribution in [3.05, 3.63) is 17.0 Å². The molecule has 116 valence electrons. The van der Waals surface area contributed by atoms with E-state index < -0.39 is 0 Å². The smallest absolute Gasteiger partial charge is 0.0700 e. The van der Waals surface area contributed by atoms with Crippen molar-refractivity contribution in [1.82, 2.24) is 9.78 Å². The predicted octanol–water partition coefficient (Wildman–Crippen LogP) is 2.08. The van der Waals surface area contributed by atoms with Crippen molar-refractivity contribution < 1.29 is 9.47 Å². The van der Waals surface area contributed by atoms with E-state index in [4.69, 9.17) is 20.3 Å². The fraction of sp³-hybridized carbons (Fsp3) is 0.800. The third-order valence-electron chi connectivity index (χ3n) is 3.39. The van der Waals surface area contributed by atoms with Gasteiger partial charge in [0.2, 0.25) is 0 Å². The minimum Gasteiger partial charge on any atom is -0.382 e. The summed E-state index contributed by atoms with van der Waals surface area (Å²) in [4.78, 5) is 0. The van der Waals surface area contributed by atoms with Crippen molar-refractivity contribution in [3.63, 3.8) is 0 Å². The van der Waals surface area contributed by atoms with Crippen LogP contribution in [-0.2, 0) is 28.9 Å². The van der Waals surface area contributed by atoms with Crippen LogP contribution in [0.3, 0.4) is 0 Å². The summed E-state index contributed by atoms with van der Waals surface area (Å²) >= 11 is 0. The monoisotopic (exact) mass is 283 g/mol. The van der Waals surface area contributed by atoms with Gasteiger partial charge in [0.25, 0.3) is 0 Å². The Balaban J connectivity index is 2.61. The maximum atomic E-state index is 6.10. The Kier molecular flexibility index (Phi) is 7.80. The maximum absolute atomic E-state index is 6.10. The highest BCUT2D eigenvalue weighted by atomic mass is 16.5. The molecule has 0 aliphatic rings. The molecule has 0 saturated heterocycles. The molecule has 0 spiro atoms. The van der Waals surface area contributed by atoms with E-state index in [9.17, 15) is 0 Å². The van der Waals surface area contributed by atoms with E-state index in [1.54, 1.807) is 7.11 Å². The molecule has 0 saturated carbocycles. The number of aromatic nitrogens is 2. The molecule has 0 radical (unpaired) electrons. The van der Waals surface area contributed by atoms with E-state index in [1.165, 1.54) is 11.3 Å². The highest BCUT2D eigenvalue weighted by Crippen LogP contribution is 2.22. The number of hydrogen-bond donors (Lipinski definition) is 1. The molecule has 1 rings (SSSR count). The van der Waals surface area contributed by atoms with E-state index in [1.807, 2.05) is 6.92 Å². The lowest BCUT2D eigenvalue weighted by Crippen LogP contribution is -2.12. The Hall–Kier alpha value is -0.910. The molecule has 5 heteroatoms. The second kappa shape index (κ2) is 9.10. The fourth-order valence-electron chi connectivity index (χ4n) is 2.47. The lowest BCUT2D eigenvalue weighted by atomic mass is 10.0. The van der Waals surface area contributed by atoms with Gasteiger partial charge in [-0.05, 0) is 26.2 Å². The normalized spacial score (nSPS) is 12.8. The van der Waals surface area contributed by atoms with Gasteiger partial charge in [-0.3, -0.25) is 4.68 Å². The first-order valence-corrected chi connectivity index (χ1v) is 7.56. The Bertz CT molecular complexity index is 389. The third-order valence-corrected chi connectivity index (χ3v) is 3.39. The average molecular weight is 283 g/mol. The molecule has 5 nitrogen and oxygen atoms in total. The minimum absolute atomic E-state index is 0.0478. The molecule has 1 aromatic rings. The molecule has 0 amide bonds. The van der Waals surface area contributed by atoms with E-state index in [0.29, 0.717) is 13.2 Å². The summed E-state index contributed by atoms with van der Waals surface area (Å²) in [7, 11) is 1.68. The predicted molar refractivity (Wildman–Crippen MR) is 80.9 cm³/mol. The number of rotatable bonds is 10. The van der Waals surface area contributed by atoms with Gasteiger partial charge in [-0.15, -0.1) is 0 Å². The number of nitrogens with two attached hydrogens (primary N) is 1. The van der Waals surface area contributed by atoms with Crippen molar-refractivity contribution >= 4 is 0 Å². The van der Waals surface area contributed by atoms with Crippen molar-refractivity contribution in [2.75, 3.05) is 26.9 Å². The number of ether oxygens (including phenoxy) is 2. The minimum atomic E-state index is 0.0478. The summed E-state index contributed by atoms with van der Waals surface area (Å²) < 4.78 is 12.5. The highest BCUT2D eigenvalue weighted by molar-refractivity contribution is 5.29. The van der Waals surface area contributed by atoms with Crippen LogP contribution in [0.5, 0.6) is 0 Å². The third kappa shape index (κ3) is 4.58. The summed E-state index contributed by atoms with van der Waals surface area (Å²) in [5.41, 5.74) is 9.74. The molecule has 0 aliphatic heterocycles. The summed E-state index contributed by atoms with van der Waals surface area (Å²) in [6, 6.07) is 0.0478. The zero-order valence-electron chi connectivity index (χ0n) is 13.3. The maximum Gasteiger partial charge on any atom is 0.0700 e. The molecule has 2 N–H and O–H groups in total. The van der Waals surface area contributed by atoms with Crippen molar-refractivity contribution in [2.45, 2.75) is 52.6 Å². The SMILES string of the molecule is CCc1nn(CCCOCCOC)c(CC)c1C(C)N. The molecular formula is C15H29N3O2. The molecule has 1 unspecified atom stereocenters. The Morgan fingerprint density at radius 1 is 1.20 bits per heavy atom. The van der Waals surface area contributed by atoms with Gasteiger partial charge in [-0.2, -0.15) is 5.10 Å². The van der Waals surface area contributed by atoms with Gasteiger partial charge in [0.1, 0.15) is 0 Å². The Morgan fingerprint density at radius 2 is 1.95 bits per heavy atom. The van der Waals surface area contributed by atoms with Gasteiger partial charge >= 0.3 is 0 Å². The standard InChI is InChI=1S/C15H29N3O2/c1-5-13-15(12(3)16)14(6-2)18(17-13)8-7-9-20-11-10-19-4/h12H,5-11,16H2,1-4H3. The average Bonchev–Trinajstić information content (AvgIpc) is 2.80. The molecule has 1 heterocycles. The van der Waals surface area contributed by atoms with Crippen LogP contribution < -0.4 is 5.73 Å². The summed E-state index contributed by atoms with van der Waals surface area (Å²) in [5, 5.41) is 4.71. The zero-order valence-corrected chi connectivity index (χ0v) is 13.3. The fourth-order valence-corrected chi connectivity index (χ4v) is 2.47. The number of aryl methyl sites for hydroxylation is 2. The molecule has 0 fully saturated rings. The lowest BCUT2D eigenvalue weighted by Gasteiger charge is -2.10. The van der Waals surface area contributed by atoms with Gasteiger partial charge in [-0.25, -0.2) is 0 Å². The van der Waals surface area contributed by atoms with Crippen LogP contribution in [0, 0.1) is 0 Å². The van der Waals surface area contributed by atoms with Crippen LogP contribution in [0.25, 0.3) is 0 Å². The van der Waals surface area contributed by atoms with E-state index in [2.05, 4.69) is 18.5 Å². The second-order valence-corrected chi connectivity index (χ2v) is 4.98. The summed E-state index contributed by atoms with van der Waals surface area (Å²) in [5.74, 6) is 0. The van der Waals surface area contributed by atoms with E-state index >= 15 is 0 Å². The first kappa shape index (κ1) is 17.1. The number of hydrogen-bond acceptors (Lipinski definition) is 4. The Labute approximate surface area is 122 Å². The van der Waals surface area contributed by atoms with Crippen molar-refractivity contribution in [2.24, 2.45) is 5.73 Å². The van der Waals surface area contributed by atoms with E-state index in [0.717, 1.165) is 38.1 Å². The zero-order chi connectivity index (χ0) is 15.0. The topological polar surface area (TPSA) is 62.3 Å². The van der Waals surface area contributed by atoms with E-state index in [-0.39, 0.29) is 6.04 Å². The van der Waals surface area contributed by atoms with Gasteiger partial charge in [-0.1, -0.05) is 13.8 Å². The first-order valence-electron chi connectivity index (χ1n) is 7.56. The first-order chi connectivity index (χ1) is 9.65. The number of methoxy groups -OCH3 is 1. The van der Waals surface area contributed by atoms with Crippen LogP contribution in [0.4, 0.5) is 0 Å². The van der Waals surface area contributed by atoms with Gasteiger partial charge in [0.15, 0.2) is 0 Å². The molecule has 20 heavy (non-hydrogen) atoms. The van der Waals surface area contributed by atoms with Crippen LogP contribution in [-0.4, -0.2) is 36.7 Å². The number of nitrogens with zero attached hydrogens (tertiary/aromatic N) is 2. The second-order valence-electron chi connectivity index (χ2n) is 4.98. The molecular weight excluding hydrogens is 254 g/mol. The molecule has 1 aromatic heterocycles. The molecule has 0 bridgehead atoms.